The monoisotopic (exact) mass is 304 g/mol. The molecule has 0 aromatic heterocycles. The van der Waals surface area contributed by atoms with Crippen LogP contribution in [0.25, 0.3) is 0 Å². The van der Waals surface area contributed by atoms with Crippen LogP contribution < -0.4 is 0 Å². The molecule has 0 saturated heterocycles. The second-order valence-corrected chi connectivity index (χ2v) is 4.96. The maximum absolute atomic E-state index is 13.8. The van der Waals surface area contributed by atoms with E-state index in [0.717, 1.165) is 0 Å². The van der Waals surface area contributed by atoms with Crippen LogP contribution in [-0.2, 0) is 0 Å². The number of halogens is 4. The van der Waals surface area contributed by atoms with Crippen LogP contribution in [0.5, 0.6) is 0 Å². The van der Waals surface area contributed by atoms with Crippen molar-refractivity contribution in [1.29, 1.82) is 0 Å². The number of hydrogen-bond donors (Lipinski definition) is 1. The molecule has 5 heteroatoms. The van der Waals surface area contributed by atoms with Crippen molar-refractivity contribution in [2.75, 3.05) is 0 Å². The van der Waals surface area contributed by atoms with E-state index in [1.165, 1.54) is 18.2 Å². The minimum absolute atomic E-state index is 0.0512. The van der Waals surface area contributed by atoms with Crippen molar-refractivity contribution in [2.24, 2.45) is 0 Å². The maximum Gasteiger partial charge on any atom is 0.147 e. The van der Waals surface area contributed by atoms with Gasteiger partial charge in [-0.25, -0.2) is 4.39 Å². The molecule has 0 bridgehead atoms. The van der Waals surface area contributed by atoms with Crippen LogP contribution in [0.3, 0.4) is 0 Å². The minimum atomic E-state index is -1.21. The summed E-state index contributed by atoms with van der Waals surface area (Å²) in [6.45, 7) is 0. The summed E-state index contributed by atoms with van der Waals surface area (Å²) < 4.78 is 13.8. The fourth-order valence-electron chi connectivity index (χ4n) is 1.62. The highest BCUT2D eigenvalue weighted by Gasteiger charge is 2.19. The van der Waals surface area contributed by atoms with E-state index in [-0.39, 0.29) is 10.6 Å². The first-order valence-electron chi connectivity index (χ1n) is 5.07. The first kappa shape index (κ1) is 13.6. The molecule has 2 aromatic carbocycles. The molecule has 2 aromatic rings. The standard InChI is InChI=1S/C13H8Cl3FO/c14-7-4-5-10(15)9(6-7)13(18)8-2-1-3-11(16)12(8)17/h1-6,13,18H. The molecule has 0 aliphatic carbocycles. The third-order valence-electron chi connectivity index (χ3n) is 2.53. The Morgan fingerprint density at radius 2 is 1.67 bits per heavy atom. The van der Waals surface area contributed by atoms with E-state index in [9.17, 15) is 9.50 Å². The van der Waals surface area contributed by atoms with Gasteiger partial charge in [0.2, 0.25) is 0 Å². The van der Waals surface area contributed by atoms with Crippen molar-refractivity contribution < 1.29 is 9.50 Å². The van der Waals surface area contributed by atoms with Crippen molar-refractivity contribution in [3.05, 3.63) is 68.4 Å². The van der Waals surface area contributed by atoms with E-state index in [4.69, 9.17) is 34.8 Å². The topological polar surface area (TPSA) is 20.2 Å². The summed E-state index contributed by atoms with van der Waals surface area (Å²) >= 11 is 17.5. The van der Waals surface area contributed by atoms with Crippen LogP contribution in [-0.4, -0.2) is 5.11 Å². The summed E-state index contributed by atoms with van der Waals surface area (Å²) in [5.41, 5.74) is 0.400. The Bertz CT molecular complexity index is 584. The van der Waals surface area contributed by atoms with Gasteiger partial charge in [0, 0.05) is 21.2 Å². The predicted octanol–water partition coefficient (Wildman–Crippen LogP) is 4.87. The van der Waals surface area contributed by atoms with E-state index >= 15 is 0 Å². The van der Waals surface area contributed by atoms with Crippen LogP contribution in [0.1, 0.15) is 17.2 Å². The third-order valence-corrected chi connectivity index (χ3v) is 3.40. The normalized spacial score (nSPS) is 12.5. The first-order valence-corrected chi connectivity index (χ1v) is 6.21. The molecule has 0 radical (unpaired) electrons. The molecule has 18 heavy (non-hydrogen) atoms. The predicted molar refractivity (Wildman–Crippen MR) is 71.9 cm³/mol. The molecule has 1 atom stereocenters. The fourth-order valence-corrected chi connectivity index (χ4v) is 2.21. The maximum atomic E-state index is 13.8. The largest absolute Gasteiger partial charge is 0.383 e. The van der Waals surface area contributed by atoms with Crippen molar-refractivity contribution in [3.8, 4) is 0 Å². The number of benzene rings is 2. The Labute approximate surface area is 119 Å². The van der Waals surface area contributed by atoms with Crippen LogP contribution in [0.15, 0.2) is 36.4 Å². The Kier molecular flexibility index (Phi) is 4.13. The second-order valence-electron chi connectivity index (χ2n) is 3.71. The average molecular weight is 306 g/mol. The highest BCUT2D eigenvalue weighted by atomic mass is 35.5. The van der Waals surface area contributed by atoms with Gasteiger partial charge < -0.3 is 5.11 Å². The van der Waals surface area contributed by atoms with Crippen LogP contribution in [0, 0.1) is 5.82 Å². The molecule has 1 nitrogen and oxygen atoms in total. The fraction of sp³-hybridized carbons (Fsp3) is 0.0769. The summed E-state index contributed by atoms with van der Waals surface area (Å²) in [7, 11) is 0. The van der Waals surface area contributed by atoms with Crippen molar-refractivity contribution in [1.82, 2.24) is 0 Å². The van der Waals surface area contributed by atoms with Gasteiger partial charge in [0.25, 0.3) is 0 Å². The molecule has 0 spiro atoms. The summed E-state index contributed by atoms with van der Waals surface area (Å²) in [6.07, 6.45) is -1.21. The highest BCUT2D eigenvalue weighted by Crippen LogP contribution is 2.33. The molecule has 1 N–H and O–H groups in total. The molecule has 0 saturated carbocycles. The van der Waals surface area contributed by atoms with Gasteiger partial charge in [0.15, 0.2) is 0 Å². The molecule has 1 unspecified atom stereocenters. The quantitative estimate of drug-likeness (QED) is 0.839. The molecular formula is C13H8Cl3FO. The third kappa shape index (κ3) is 2.62. The van der Waals surface area contributed by atoms with Crippen molar-refractivity contribution in [2.45, 2.75) is 6.10 Å². The van der Waals surface area contributed by atoms with Gasteiger partial charge in [-0.15, -0.1) is 0 Å². The number of aliphatic hydroxyl groups is 1. The Morgan fingerprint density at radius 3 is 2.39 bits per heavy atom. The zero-order chi connectivity index (χ0) is 13.3. The molecule has 2 rings (SSSR count). The zero-order valence-electron chi connectivity index (χ0n) is 9.00. The second kappa shape index (κ2) is 5.45. The molecule has 0 aliphatic rings. The van der Waals surface area contributed by atoms with Crippen LogP contribution in [0.2, 0.25) is 15.1 Å². The Hall–Kier alpha value is -0.800. The van der Waals surface area contributed by atoms with Gasteiger partial charge in [-0.3, -0.25) is 0 Å². The lowest BCUT2D eigenvalue weighted by atomic mass is 10.0. The van der Waals surface area contributed by atoms with Gasteiger partial charge in [-0.1, -0.05) is 46.9 Å². The van der Waals surface area contributed by atoms with Gasteiger partial charge in [-0.05, 0) is 24.3 Å². The van der Waals surface area contributed by atoms with E-state index in [1.807, 2.05) is 0 Å². The number of aliphatic hydroxyl groups excluding tert-OH is 1. The molecule has 94 valence electrons. The van der Waals surface area contributed by atoms with Gasteiger partial charge in [-0.2, -0.15) is 0 Å². The SMILES string of the molecule is OC(c1cc(Cl)ccc1Cl)c1cccc(Cl)c1F. The lowest BCUT2D eigenvalue weighted by Gasteiger charge is -2.14. The number of rotatable bonds is 2. The summed E-state index contributed by atoms with van der Waals surface area (Å²) in [4.78, 5) is 0. The van der Waals surface area contributed by atoms with Crippen LogP contribution >= 0.6 is 34.8 Å². The summed E-state index contributed by atoms with van der Waals surface area (Å²) in [5.74, 6) is -0.664. The molecule has 0 heterocycles. The Balaban J connectivity index is 2.51. The lowest BCUT2D eigenvalue weighted by molar-refractivity contribution is 0.215. The van der Waals surface area contributed by atoms with E-state index in [0.29, 0.717) is 15.6 Å². The zero-order valence-corrected chi connectivity index (χ0v) is 11.3. The molecule has 0 amide bonds. The Morgan fingerprint density at radius 1 is 0.944 bits per heavy atom. The van der Waals surface area contributed by atoms with Gasteiger partial charge in [0.1, 0.15) is 11.9 Å². The molecular weight excluding hydrogens is 297 g/mol. The molecule has 0 aliphatic heterocycles. The molecule has 0 fully saturated rings. The van der Waals surface area contributed by atoms with E-state index < -0.39 is 11.9 Å². The lowest BCUT2D eigenvalue weighted by Crippen LogP contribution is -2.03. The van der Waals surface area contributed by atoms with E-state index in [2.05, 4.69) is 0 Å². The smallest absolute Gasteiger partial charge is 0.147 e. The van der Waals surface area contributed by atoms with E-state index in [1.54, 1.807) is 18.2 Å². The first-order chi connectivity index (χ1) is 8.50. The summed E-state index contributed by atoms with van der Waals surface area (Å²) in [6, 6.07) is 9.05. The van der Waals surface area contributed by atoms with Crippen molar-refractivity contribution >= 4 is 34.8 Å². The van der Waals surface area contributed by atoms with Crippen molar-refractivity contribution in [3.63, 3.8) is 0 Å². The van der Waals surface area contributed by atoms with Crippen LogP contribution in [0.4, 0.5) is 4.39 Å². The highest BCUT2D eigenvalue weighted by molar-refractivity contribution is 6.33. The average Bonchev–Trinajstić information content (AvgIpc) is 2.35. The van der Waals surface area contributed by atoms with Gasteiger partial charge in [0.05, 0.1) is 5.02 Å². The number of hydrogen-bond acceptors (Lipinski definition) is 1. The summed E-state index contributed by atoms with van der Waals surface area (Å²) in [5, 5.41) is 10.8. The van der Waals surface area contributed by atoms with Gasteiger partial charge >= 0.3 is 0 Å². The minimum Gasteiger partial charge on any atom is -0.383 e.